The number of halogens is 1. The van der Waals surface area contributed by atoms with Gasteiger partial charge >= 0.3 is 0 Å². The number of ether oxygens (including phenoxy) is 1. The van der Waals surface area contributed by atoms with Crippen molar-refractivity contribution >= 4 is 22.9 Å². The van der Waals surface area contributed by atoms with E-state index < -0.39 is 0 Å². The highest BCUT2D eigenvalue weighted by atomic mass is 35.5. The van der Waals surface area contributed by atoms with Gasteiger partial charge in [-0.15, -0.1) is 11.3 Å². The van der Waals surface area contributed by atoms with E-state index in [2.05, 4.69) is 53.1 Å². The van der Waals surface area contributed by atoms with Crippen molar-refractivity contribution in [3.8, 4) is 27.8 Å². The van der Waals surface area contributed by atoms with E-state index in [1.54, 1.807) is 17.7 Å². The van der Waals surface area contributed by atoms with Crippen LogP contribution in [0.15, 0.2) is 48.8 Å². The van der Waals surface area contributed by atoms with Crippen LogP contribution in [0, 0.1) is 0 Å². The standard InChI is InChI=1S/C26H26ClN5OS/c1-16(2)32-25(28-15-29-32)26-30-24-20-11-17(7-8-22(20)33-10-9-23(24)34-26)19-13-31(14-19)12-18-5-3-4-6-21(18)27/h3-8,11,15-16,19H,9-10,12-14H2,1-2H3. The van der Waals surface area contributed by atoms with Crippen molar-refractivity contribution in [3.63, 3.8) is 0 Å². The van der Waals surface area contributed by atoms with Gasteiger partial charge in [0.1, 0.15) is 12.1 Å². The van der Waals surface area contributed by atoms with Gasteiger partial charge in [0.2, 0.25) is 0 Å². The van der Waals surface area contributed by atoms with E-state index in [0.29, 0.717) is 12.5 Å². The molecular formula is C26H26ClN5OS. The zero-order valence-electron chi connectivity index (χ0n) is 19.2. The molecule has 0 amide bonds. The summed E-state index contributed by atoms with van der Waals surface area (Å²) in [5.41, 5.74) is 4.64. The third-order valence-corrected chi connectivity index (χ3v) is 8.06. The molecule has 0 atom stereocenters. The summed E-state index contributed by atoms with van der Waals surface area (Å²) in [6.07, 6.45) is 2.46. The second-order valence-electron chi connectivity index (χ2n) is 9.25. The van der Waals surface area contributed by atoms with Gasteiger partial charge in [-0.1, -0.05) is 35.9 Å². The Morgan fingerprint density at radius 2 is 2.03 bits per heavy atom. The molecule has 4 aromatic rings. The van der Waals surface area contributed by atoms with E-state index in [4.69, 9.17) is 21.3 Å². The summed E-state index contributed by atoms with van der Waals surface area (Å²) >= 11 is 8.06. The van der Waals surface area contributed by atoms with Gasteiger partial charge in [-0.3, -0.25) is 4.90 Å². The molecule has 8 heteroatoms. The van der Waals surface area contributed by atoms with Crippen molar-refractivity contribution < 1.29 is 4.74 Å². The quantitative estimate of drug-likeness (QED) is 0.351. The zero-order valence-corrected chi connectivity index (χ0v) is 20.8. The fraction of sp³-hybridized carbons (Fsp3) is 0.346. The van der Waals surface area contributed by atoms with Gasteiger partial charge in [0, 0.05) is 53.5 Å². The van der Waals surface area contributed by atoms with E-state index in [1.807, 2.05) is 22.9 Å². The van der Waals surface area contributed by atoms with Crippen LogP contribution in [-0.2, 0) is 13.0 Å². The number of likely N-dealkylation sites (tertiary alicyclic amines) is 1. The third-order valence-electron chi connectivity index (χ3n) is 6.58. The Morgan fingerprint density at radius 1 is 1.18 bits per heavy atom. The zero-order chi connectivity index (χ0) is 23.2. The second-order valence-corrected chi connectivity index (χ2v) is 10.7. The Kier molecular flexibility index (Phi) is 5.63. The summed E-state index contributed by atoms with van der Waals surface area (Å²) in [7, 11) is 0. The van der Waals surface area contributed by atoms with Crippen molar-refractivity contribution in [3.05, 3.63) is 69.8 Å². The largest absolute Gasteiger partial charge is 0.493 e. The molecule has 0 unspecified atom stereocenters. The lowest BCUT2D eigenvalue weighted by molar-refractivity contribution is 0.139. The molecule has 0 N–H and O–H groups in total. The van der Waals surface area contributed by atoms with E-state index in [-0.39, 0.29) is 6.04 Å². The predicted octanol–water partition coefficient (Wildman–Crippen LogP) is 5.84. The number of aromatic nitrogens is 4. The number of hydrogen-bond donors (Lipinski definition) is 0. The highest BCUT2D eigenvalue weighted by Gasteiger charge is 2.30. The Balaban J connectivity index is 1.26. The fourth-order valence-electron chi connectivity index (χ4n) is 4.75. The van der Waals surface area contributed by atoms with Crippen LogP contribution in [0.3, 0.4) is 0 Å². The molecule has 174 valence electrons. The first kappa shape index (κ1) is 21.8. The van der Waals surface area contributed by atoms with Crippen molar-refractivity contribution in [1.29, 1.82) is 0 Å². The summed E-state index contributed by atoms with van der Waals surface area (Å²) < 4.78 is 8.03. The molecule has 0 spiro atoms. The first-order valence-corrected chi connectivity index (χ1v) is 12.9. The van der Waals surface area contributed by atoms with Gasteiger partial charge < -0.3 is 4.74 Å². The van der Waals surface area contributed by atoms with Crippen LogP contribution in [0.5, 0.6) is 5.75 Å². The van der Waals surface area contributed by atoms with Crippen LogP contribution in [0.2, 0.25) is 5.02 Å². The molecule has 2 aliphatic heterocycles. The molecule has 0 bridgehead atoms. The molecule has 2 aliphatic rings. The number of fused-ring (bicyclic) bond motifs is 3. The maximum absolute atomic E-state index is 6.36. The molecular weight excluding hydrogens is 466 g/mol. The maximum Gasteiger partial charge on any atom is 0.187 e. The van der Waals surface area contributed by atoms with Crippen LogP contribution >= 0.6 is 22.9 Å². The summed E-state index contributed by atoms with van der Waals surface area (Å²) in [5, 5.41) is 6.16. The van der Waals surface area contributed by atoms with E-state index in [0.717, 1.165) is 58.9 Å². The smallest absolute Gasteiger partial charge is 0.187 e. The fourth-order valence-corrected chi connectivity index (χ4v) is 5.99. The summed E-state index contributed by atoms with van der Waals surface area (Å²) in [5.74, 6) is 2.25. The van der Waals surface area contributed by atoms with Crippen molar-refractivity contribution in [1.82, 2.24) is 24.6 Å². The van der Waals surface area contributed by atoms with Crippen LogP contribution in [0.4, 0.5) is 0 Å². The minimum Gasteiger partial charge on any atom is -0.493 e. The van der Waals surface area contributed by atoms with Gasteiger partial charge in [0.15, 0.2) is 10.8 Å². The SMILES string of the molecule is CC(C)n1ncnc1-c1nc2c(s1)CCOc1ccc(C3CN(Cc4ccccc4Cl)C3)cc1-2. The van der Waals surface area contributed by atoms with Crippen LogP contribution in [0.1, 0.15) is 41.8 Å². The number of hydrogen-bond acceptors (Lipinski definition) is 6. The molecule has 2 aromatic carbocycles. The molecule has 0 radical (unpaired) electrons. The number of rotatable bonds is 5. The molecule has 6 nitrogen and oxygen atoms in total. The number of thiazole rings is 1. The van der Waals surface area contributed by atoms with Gasteiger partial charge in [-0.25, -0.2) is 14.6 Å². The molecule has 34 heavy (non-hydrogen) atoms. The first-order valence-electron chi connectivity index (χ1n) is 11.7. The Morgan fingerprint density at radius 3 is 2.85 bits per heavy atom. The lowest BCUT2D eigenvalue weighted by Crippen LogP contribution is -2.44. The van der Waals surface area contributed by atoms with Crippen LogP contribution in [-0.4, -0.2) is 44.3 Å². The lowest BCUT2D eigenvalue weighted by Gasteiger charge is -2.40. The van der Waals surface area contributed by atoms with E-state index >= 15 is 0 Å². The van der Waals surface area contributed by atoms with Gasteiger partial charge in [0.25, 0.3) is 0 Å². The Labute approximate surface area is 208 Å². The molecule has 1 fully saturated rings. The molecule has 6 rings (SSSR count). The highest BCUT2D eigenvalue weighted by molar-refractivity contribution is 7.15. The van der Waals surface area contributed by atoms with E-state index in [1.165, 1.54) is 16.0 Å². The van der Waals surface area contributed by atoms with Gasteiger partial charge in [0.05, 0.1) is 12.3 Å². The maximum atomic E-state index is 6.36. The van der Waals surface area contributed by atoms with Gasteiger partial charge in [-0.05, 0) is 43.2 Å². The summed E-state index contributed by atoms with van der Waals surface area (Å²) in [6.45, 7) is 7.82. The van der Waals surface area contributed by atoms with E-state index in [9.17, 15) is 0 Å². The minimum absolute atomic E-state index is 0.232. The topological polar surface area (TPSA) is 56.1 Å². The predicted molar refractivity (Wildman–Crippen MR) is 136 cm³/mol. The molecule has 2 aromatic heterocycles. The molecule has 1 saturated heterocycles. The minimum atomic E-state index is 0.232. The Hall–Kier alpha value is -2.74. The van der Waals surface area contributed by atoms with Crippen molar-refractivity contribution in [2.45, 2.75) is 38.8 Å². The molecule has 0 saturated carbocycles. The molecule has 4 heterocycles. The lowest BCUT2D eigenvalue weighted by atomic mass is 9.89. The average molecular weight is 492 g/mol. The summed E-state index contributed by atoms with van der Waals surface area (Å²) in [6, 6.07) is 14.9. The van der Waals surface area contributed by atoms with Crippen LogP contribution < -0.4 is 4.74 Å². The monoisotopic (exact) mass is 491 g/mol. The van der Waals surface area contributed by atoms with Gasteiger partial charge in [-0.2, -0.15) is 5.10 Å². The second kappa shape index (κ2) is 8.80. The van der Waals surface area contributed by atoms with Crippen molar-refractivity contribution in [2.24, 2.45) is 0 Å². The first-order chi connectivity index (χ1) is 16.6. The third kappa shape index (κ3) is 3.91. The normalized spacial score (nSPS) is 16.0. The van der Waals surface area contributed by atoms with Crippen molar-refractivity contribution in [2.75, 3.05) is 19.7 Å². The summed E-state index contributed by atoms with van der Waals surface area (Å²) in [4.78, 5) is 13.2. The number of nitrogens with zero attached hydrogens (tertiary/aromatic N) is 5. The highest BCUT2D eigenvalue weighted by Crippen LogP contribution is 2.42. The average Bonchev–Trinajstić information content (AvgIpc) is 3.42. The number of benzene rings is 2. The Bertz CT molecular complexity index is 1340. The van der Waals surface area contributed by atoms with Crippen LogP contribution in [0.25, 0.3) is 22.1 Å². The molecule has 0 aliphatic carbocycles.